The Balaban J connectivity index is 1.64. The molecule has 3 rings (SSSR count). The maximum atomic E-state index is 13.6. The van der Waals surface area contributed by atoms with Gasteiger partial charge in [0.2, 0.25) is 11.7 Å². The molecule has 0 amide bonds. The van der Waals surface area contributed by atoms with Gasteiger partial charge in [-0.1, -0.05) is 0 Å². The molecule has 9 heteroatoms. The maximum absolute atomic E-state index is 13.6. The number of nitrogens with two attached hydrogens (primary N) is 1. The quantitative estimate of drug-likeness (QED) is 0.511. The molecular weight excluding hydrogens is 415 g/mol. The SMILES string of the molecule is COc1ccc(F)cc1C(=O)c1cnc(NC2CCC(C(=O)OC(C)(C)C)CC2)nc1N. The number of esters is 1. The molecule has 1 aromatic carbocycles. The van der Waals surface area contributed by atoms with E-state index in [2.05, 4.69) is 15.3 Å². The summed E-state index contributed by atoms with van der Waals surface area (Å²) in [7, 11) is 1.40. The molecule has 8 nitrogen and oxygen atoms in total. The van der Waals surface area contributed by atoms with E-state index in [1.54, 1.807) is 0 Å². The van der Waals surface area contributed by atoms with Gasteiger partial charge < -0.3 is 20.5 Å². The molecule has 172 valence electrons. The first-order chi connectivity index (χ1) is 15.1. The van der Waals surface area contributed by atoms with Gasteiger partial charge in [0, 0.05) is 12.2 Å². The van der Waals surface area contributed by atoms with Crippen LogP contribution >= 0.6 is 0 Å². The summed E-state index contributed by atoms with van der Waals surface area (Å²) in [6, 6.07) is 3.76. The van der Waals surface area contributed by atoms with Crippen molar-refractivity contribution in [2.24, 2.45) is 5.92 Å². The van der Waals surface area contributed by atoms with E-state index in [1.807, 2.05) is 20.8 Å². The lowest BCUT2D eigenvalue weighted by molar-refractivity contribution is -0.161. The first-order valence-electron chi connectivity index (χ1n) is 10.6. The van der Waals surface area contributed by atoms with Crippen LogP contribution in [0.2, 0.25) is 0 Å². The van der Waals surface area contributed by atoms with Crippen LogP contribution < -0.4 is 15.8 Å². The zero-order valence-electron chi connectivity index (χ0n) is 18.8. The third-order valence-corrected chi connectivity index (χ3v) is 5.27. The monoisotopic (exact) mass is 444 g/mol. The van der Waals surface area contributed by atoms with Gasteiger partial charge in [-0.2, -0.15) is 4.98 Å². The minimum absolute atomic E-state index is 0.0127. The summed E-state index contributed by atoms with van der Waals surface area (Å²) in [5, 5.41) is 3.22. The van der Waals surface area contributed by atoms with E-state index in [0.29, 0.717) is 18.8 Å². The largest absolute Gasteiger partial charge is 0.496 e. The number of ketones is 1. The van der Waals surface area contributed by atoms with Gasteiger partial charge in [-0.05, 0) is 64.7 Å². The van der Waals surface area contributed by atoms with Gasteiger partial charge in [-0.15, -0.1) is 0 Å². The van der Waals surface area contributed by atoms with Crippen molar-refractivity contribution >= 4 is 23.5 Å². The van der Waals surface area contributed by atoms with Crippen LogP contribution in [0.4, 0.5) is 16.2 Å². The minimum Gasteiger partial charge on any atom is -0.496 e. The summed E-state index contributed by atoms with van der Waals surface area (Å²) >= 11 is 0. The van der Waals surface area contributed by atoms with E-state index in [9.17, 15) is 14.0 Å². The van der Waals surface area contributed by atoms with Gasteiger partial charge in [0.05, 0.1) is 24.2 Å². The molecule has 1 saturated carbocycles. The summed E-state index contributed by atoms with van der Waals surface area (Å²) in [4.78, 5) is 33.5. The second kappa shape index (κ2) is 9.50. The lowest BCUT2D eigenvalue weighted by atomic mass is 9.86. The number of methoxy groups -OCH3 is 1. The molecule has 3 N–H and O–H groups in total. The number of halogens is 1. The van der Waals surface area contributed by atoms with Crippen LogP contribution in [-0.4, -0.2) is 40.5 Å². The molecule has 1 aliphatic carbocycles. The van der Waals surface area contributed by atoms with E-state index in [-0.39, 0.29) is 40.6 Å². The molecule has 1 aliphatic rings. The Labute approximate surface area is 186 Å². The highest BCUT2D eigenvalue weighted by molar-refractivity contribution is 6.13. The molecule has 2 aromatic rings. The van der Waals surface area contributed by atoms with Crippen LogP contribution in [0.3, 0.4) is 0 Å². The van der Waals surface area contributed by atoms with Crippen molar-refractivity contribution < 1.29 is 23.5 Å². The minimum atomic E-state index is -0.561. The number of nitrogen functional groups attached to an aromatic ring is 1. The zero-order valence-corrected chi connectivity index (χ0v) is 18.8. The second-order valence-electron chi connectivity index (χ2n) is 8.89. The van der Waals surface area contributed by atoms with Gasteiger partial charge in [0.25, 0.3) is 0 Å². The van der Waals surface area contributed by atoms with Crippen LogP contribution in [-0.2, 0) is 9.53 Å². The van der Waals surface area contributed by atoms with Crippen molar-refractivity contribution in [2.75, 3.05) is 18.2 Å². The predicted molar refractivity (Wildman–Crippen MR) is 118 cm³/mol. The van der Waals surface area contributed by atoms with Crippen LogP contribution in [0.15, 0.2) is 24.4 Å². The van der Waals surface area contributed by atoms with Crippen molar-refractivity contribution in [1.29, 1.82) is 0 Å². The van der Waals surface area contributed by atoms with Crippen LogP contribution in [0, 0.1) is 11.7 Å². The molecule has 0 spiro atoms. The fourth-order valence-electron chi connectivity index (χ4n) is 3.68. The highest BCUT2D eigenvalue weighted by Gasteiger charge is 2.30. The Kier molecular flexibility index (Phi) is 6.96. The Morgan fingerprint density at radius 1 is 1.16 bits per heavy atom. The third-order valence-electron chi connectivity index (χ3n) is 5.27. The third kappa shape index (κ3) is 5.72. The lowest BCUT2D eigenvalue weighted by Crippen LogP contribution is -2.34. The first kappa shape index (κ1) is 23.4. The van der Waals surface area contributed by atoms with Crippen molar-refractivity contribution in [3.05, 3.63) is 41.3 Å². The number of benzene rings is 1. The number of hydrogen-bond donors (Lipinski definition) is 2. The number of rotatable bonds is 6. The number of nitrogens with zero attached hydrogens (tertiary/aromatic N) is 2. The number of aromatic nitrogens is 2. The fraction of sp³-hybridized carbons (Fsp3) is 0.478. The molecule has 1 aromatic heterocycles. The Hall–Kier alpha value is -3.23. The summed E-state index contributed by atoms with van der Waals surface area (Å²) < 4.78 is 24.3. The normalized spacial score (nSPS) is 18.7. The number of hydrogen-bond acceptors (Lipinski definition) is 8. The van der Waals surface area contributed by atoms with Gasteiger partial charge in [0.1, 0.15) is 23.0 Å². The summed E-state index contributed by atoms with van der Waals surface area (Å²) in [6.45, 7) is 5.58. The van der Waals surface area contributed by atoms with Crippen LogP contribution in [0.1, 0.15) is 62.4 Å². The smallest absolute Gasteiger partial charge is 0.309 e. The number of carbonyl (C=O) groups is 2. The highest BCUT2D eigenvalue weighted by atomic mass is 19.1. The molecule has 0 radical (unpaired) electrons. The molecule has 0 aliphatic heterocycles. The Morgan fingerprint density at radius 2 is 1.84 bits per heavy atom. The number of ether oxygens (including phenoxy) is 2. The van der Waals surface area contributed by atoms with E-state index >= 15 is 0 Å². The fourth-order valence-corrected chi connectivity index (χ4v) is 3.68. The van der Waals surface area contributed by atoms with Crippen LogP contribution in [0.25, 0.3) is 0 Å². The molecule has 0 atom stereocenters. The maximum Gasteiger partial charge on any atom is 0.309 e. The van der Waals surface area contributed by atoms with Crippen molar-refractivity contribution in [3.63, 3.8) is 0 Å². The summed E-state index contributed by atoms with van der Waals surface area (Å²) in [5.41, 5.74) is 5.62. The van der Waals surface area contributed by atoms with Crippen molar-refractivity contribution in [3.8, 4) is 5.75 Å². The Bertz CT molecular complexity index is 998. The topological polar surface area (TPSA) is 116 Å². The highest BCUT2D eigenvalue weighted by Crippen LogP contribution is 2.29. The number of nitrogens with one attached hydrogen (secondary N) is 1. The molecule has 1 fully saturated rings. The molecule has 32 heavy (non-hydrogen) atoms. The first-order valence-corrected chi connectivity index (χ1v) is 10.6. The van der Waals surface area contributed by atoms with Crippen molar-refractivity contribution in [2.45, 2.75) is 58.1 Å². The summed E-state index contributed by atoms with van der Waals surface area (Å²) in [6.07, 6.45) is 4.25. The summed E-state index contributed by atoms with van der Waals surface area (Å²) in [5.74, 6) is -0.837. The molecule has 1 heterocycles. The predicted octanol–water partition coefficient (Wildman–Crippen LogP) is 3.75. The standard InChI is InChI=1S/C23H29FN4O4/c1-23(2,3)32-21(30)13-5-8-15(9-6-13)27-22-26-12-17(20(25)28-22)19(29)16-11-14(24)7-10-18(16)31-4/h7,10-13,15H,5-6,8-9H2,1-4H3,(H3,25,26,27,28). The molecule has 0 bridgehead atoms. The molecule has 0 unspecified atom stereocenters. The number of carbonyl (C=O) groups excluding carboxylic acids is 2. The zero-order chi connectivity index (χ0) is 23.5. The number of anilines is 2. The van der Waals surface area contributed by atoms with Gasteiger partial charge >= 0.3 is 5.97 Å². The molecule has 0 saturated heterocycles. The Morgan fingerprint density at radius 3 is 2.44 bits per heavy atom. The lowest BCUT2D eigenvalue weighted by Gasteiger charge is -2.30. The van der Waals surface area contributed by atoms with E-state index < -0.39 is 17.2 Å². The molecular formula is C23H29FN4O4. The average Bonchev–Trinajstić information content (AvgIpc) is 2.72. The van der Waals surface area contributed by atoms with Gasteiger partial charge in [0.15, 0.2) is 0 Å². The van der Waals surface area contributed by atoms with E-state index in [0.717, 1.165) is 18.9 Å². The van der Waals surface area contributed by atoms with Gasteiger partial charge in [-0.3, -0.25) is 9.59 Å². The van der Waals surface area contributed by atoms with E-state index in [4.69, 9.17) is 15.2 Å². The van der Waals surface area contributed by atoms with Crippen LogP contribution in [0.5, 0.6) is 5.75 Å². The van der Waals surface area contributed by atoms with Crippen molar-refractivity contribution in [1.82, 2.24) is 9.97 Å². The van der Waals surface area contributed by atoms with Gasteiger partial charge in [-0.25, -0.2) is 9.37 Å². The van der Waals surface area contributed by atoms with E-state index in [1.165, 1.54) is 25.4 Å². The average molecular weight is 445 g/mol. The second-order valence-corrected chi connectivity index (χ2v) is 8.89.